The zero-order valence-electron chi connectivity index (χ0n) is 15.0. The Balaban J connectivity index is 1.35. The number of hydrogen-bond acceptors (Lipinski definition) is 6. The molecule has 142 valence electrons. The number of anilines is 2. The molecule has 0 spiro atoms. The van der Waals surface area contributed by atoms with E-state index < -0.39 is 5.25 Å². The number of carbonyl (C=O) groups is 2. The topological polar surface area (TPSA) is 88.9 Å². The molecule has 4 rings (SSSR count). The number of aryl methyl sites for hydroxylation is 1. The van der Waals surface area contributed by atoms with Crippen LogP contribution in [0.5, 0.6) is 0 Å². The van der Waals surface area contributed by atoms with Gasteiger partial charge in [0.25, 0.3) is 0 Å². The lowest BCUT2D eigenvalue weighted by molar-refractivity contribution is -0.120. The van der Waals surface area contributed by atoms with E-state index in [9.17, 15) is 9.59 Å². The first-order valence-corrected chi connectivity index (χ1v) is 10.3. The van der Waals surface area contributed by atoms with E-state index in [0.717, 1.165) is 20.6 Å². The summed E-state index contributed by atoms with van der Waals surface area (Å²) in [5, 5.41) is 13.9. The van der Waals surface area contributed by atoms with E-state index in [-0.39, 0.29) is 18.2 Å². The molecule has 2 N–H and O–H groups in total. The third-order valence-corrected chi connectivity index (χ3v) is 6.43. The van der Waals surface area contributed by atoms with E-state index in [1.54, 1.807) is 6.33 Å². The third kappa shape index (κ3) is 4.20. The van der Waals surface area contributed by atoms with Crippen LogP contribution in [0, 0.1) is 0 Å². The number of thioether (sulfide) groups is 1. The first-order chi connectivity index (χ1) is 13.6. The number of amides is 2. The SMILES string of the molecule is Cn1cnnc1Sc1ccc(NC(=O)CC2Sc3ccccc3NC2=O)cc1. The van der Waals surface area contributed by atoms with E-state index in [0.29, 0.717) is 5.69 Å². The lowest BCUT2D eigenvalue weighted by atomic mass is 10.2. The predicted molar refractivity (Wildman–Crippen MR) is 110 cm³/mol. The van der Waals surface area contributed by atoms with Crippen molar-refractivity contribution >= 4 is 46.7 Å². The molecule has 1 aliphatic rings. The van der Waals surface area contributed by atoms with Crippen LogP contribution in [0.25, 0.3) is 0 Å². The fraction of sp³-hybridized carbons (Fsp3) is 0.158. The van der Waals surface area contributed by atoms with E-state index >= 15 is 0 Å². The monoisotopic (exact) mass is 411 g/mol. The Bertz CT molecular complexity index is 1020. The standard InChI is InChI=1S/C19H17N5O2S2/c1-24-11-20-23-19(24)27-13-8-6-12(7-9-13)21-17(25)10-16-18(26)22-14-4-2-3-5-15(14)28-16/h2-9,11,16H,10H2,1H3,(H,21,25)(H,22,26). The molecule has 0 bridgehead atoms. The second-order valence-electron chi connectivity index (χ2n) is 6.20. The van der Waals surface area contributed by atoms with Crippen molar-refractivity contribution in [3.8, 4) is 0 Å². The number of nitrogens with one attached hydrogen (secondary N) is 2. The summed E-state index contributed by atoms with van der Waals surface area (Å²) in [6, 6.07) is 15.1. The summed E-state index contributed by atoms with van der Waals surface area (Å²) in [7, 11) is 1.88. The molecule has 1 unspecified atom stereocenters. The van der Waals surface area contributed by atoms with Gasteiger partial charge < -0.3 is 15.2 Å². The highest BCUT2D eigenvalue weighted by molar-refractivity contribution is 8.01. The van der Waals surface area contributed by atoms with Crippen LogP contribution in [0.3, 0.4) is 0 Å². The molecule has 0 saturated heterocycles. The van der Waals surface area contributed by atoms with Crippen molar-refractivity contribution in [1.82, 2.24) is 14.8 Å². The quantitative estimate of drug-likeness (QED) is 0.669. The smallest absolute Gasteiger partial charge is 0.238 e. The fourth-order valence-corrected chi connectivity index (χ4v) is 4.56. The Kier molecular flexibility index (Phi) is 5.36. The predicted octanol–water partition coefficient (Wildman–Crippen LogP) is 3.41. The van der Waals surface area contributed by atoms with Gasteiger partial charge in [-0.05, 0) is 48.2 Å². The maximum absolute atomic E-state index is 12.4. The molecule has 0 saturated carbocycles. The van der Waals surface area contributed by atoms with Gasteiger partial charge in [0.2, 0.25) is 11.8 Å². The van der Waals surface area contributed by atoms with Crippen LogP contribution in [0.15, 0.2) is 69.8 Å². The molecule has 3 aromatic rings. The van der Waals surface area contributed by atoms with E-state index in [1.807, 2.05) is 60.1 Å². The van der Waals surface area contributed by atoms with Gasteiger partial charge in [0.15, 0.2) is 5.16 Å². The van der Waals surface area contributed by atoms with Gasteiger partial charge in [0, 0.05) is 28.9 Å². The summed E-state index contributed by atoms with van der Waals surface area (Å²) < 4.78 is 1.84. The molecule has 1 aromatic heterocycles. The molecule has 7 nitrogen and oxygen atoms in total. The fourth-order valence-electron chi connectivity index (χ4n) is 2.68. The van der Waals surface area contributed by atoms with Crippen molar-refractivity contribution in [2.45, 2.75) is 26.6 Å². The molecule has 9 heteroatoms. The van der Waals surface area contributed by atoms with Gasteiger partial charge in [-0.15, -0.1) is 22.0 Å². The normalized spacial score (nSPS) is 15.6. The maximum Gasteiger partial charge on any atom is 0.238 e. The Morgan fingerprint density at radius 2 is 2.04 bits per heavy atom. The zero-order valence-corrected chi connectivity index (χ0v) is 16.6. The molecule has 1 atom stereocenters. The van der Waals surface area contributed by atoms with Crippen molar-refractivity contribution in [2.24, 2.45) is 7.05 Å². The number of benzene rings is 2. The third-order valence-electron chi connectivity index (χ3n) is 4.09. The molecule has 1 aliphatic heterocycles. The summed E-state index contributed by atoms with van der Waals surface area (Å²) in [4.78, 5) is 26.6. The van der Waals surface area contributed by atoms with Crippen molar-refractivity contribution in [3.63, 3.8) is 0 Å². The summed E-state index contributed by atoms with van der Waals surface area (Å²) in [5.74, 6) is -0.338. The number of rotatable bonds is 5. The van der Waals surface area contributed by atoms with Gasteiger partial charge in [-0.1, -0.05) is 12.1 Å². The number of fused-ring (bicyclic) bond motifs is 1. The van der Waals surface area contributed by atoms with Crippen LogP contribution in [0.1, 0.15) is 6.42 Å². The Morgan fingerprint density at radius 3 is 2.79 bits per heavy atom. The van der Waals surface area contributed by atoms with Crippen LogP contribution in [-0.2, 0) is 16.6 Å². The first kappa shape index (κ1) is 18.6. The number of carbonyl (C=O) groups excluding carboxylic acids is 2. The van der Waals surface area contributed by atoms with E-state index in [2.05, 4.69) is 20.8 Å². The van der Waals surface area contributed by atoms with Crippen molar-refractivity contribution < 1.29 is 9.59 Å². The largest absolute Gasteiger partial charge is 0.326 e. The van der Waals surface area contributed by atoms with E-state index in [1.165, 1.54) is 23.5 Å². The van der Waals surface area contributed by atoms with Gasteiger partial charge in [-0.25, -0.2) is 0 Å². The Hall–Kier alpha value is -2.78. The Labute approximate surface area is 170 Å². The van der Waals surface area contributed by atoms with Crippen LogP contribution >= 0.6 is 23.5 Å². The minimum Gasteiger partial charge on any atom is -0.326 e. The lowest BCUT2D eigenvalue weighted by Crippen LogP contribution is -2.32. The highest BCUT2D eigenvalue weighted by atomic mass is 32.2. The summed E-state index contributed by atoms with van der Waals surface area (Å²) in [6.07, 6.45) is 1.76. The van der Waals surface area contributed by atoms with E-state index in [4.69, 9.17) is 0 Å². The lowest BCUT2D eigenvalue weighted by Gasteiger charge is -2.23. The van der Waals surface area contributed by atoms with Gasteiger partial charge in [-0.3, -0.25) is 9.59 Å². The maximum atomic E-state index is 12.4. The molecule has 28 heavy (non-hydrogen) atoms. The highest BCUT2D eigenvalue weighted by Crippen LogP contribution is 2.36. The summed E-state index contributed by atoms with van der Waals surface area (Å²) >= 11 is 2.91. The molecule has 0 fully saturated rings. The second-order valence-corrected chi connectivity index (χ2v) is 8.48. The number of nitrogens with zero attached hydrogens (tertiary/aromatic N) is 3. The van der Waals surface area contributed by atoms with Crippen LogP contribution in [-0.4, -0.2) is 31.8 Å². The number of aromatic nitrogens is 3. The second kappa shape index (κ2) is 8.07. The minimum absolute atomic E-state index is 0.111. The zero-order chi connectivity index (χ0) is 19.5. The first-order valence-electron chi connectivity index (χ1n) is 8.57. The van der Waals surface area contributed by atoms with Gasteiger partial charge in [0.05, 0.1) is 10.9 Å². The van der Waals surface area contributed by atoms with Gasteiger partial charge in [0.1, 0.15) is 6.33 Å². The molecule has 0 radical (unpaired) electrons. The van der Waals surface area contributed by atoms with Crippen molar-refractivity contribution in [2.75, 3.05) is 10.6 Å². The molecule has 0 aliphatic carbocycles. The molecular weight excluding hydrogens is 394 g/mol. The van der Waals surface area contributed by atoms with Gasteiger partial charge >= 0.3 is 0 Å². The summed E-state index contributed by atoms with van der Waals surface area (Å²) in [6.45, 7) is 0. The minimum atomic E-state index is -0.444. The summed E-state index contributed by atoms with van der Waals surface area (Å²) in [5.41, 5.74) is 1.49. The molecule has 2 heterocycles. The average Bonchev–Trinajstić information content (AvgIpc) is 3.08. The number of hydrogen-bond donors (Lipinski definition) is 2. The van der Waals surface area contributed by atoms with Gasteiger partial charge in [-0.2, -0.15) is 0 Å². The average molecular weight is 412 g/mol. The van der Waals surface area contributed by atoms with Crippen LogP contribution < -0.4 is 10.6 Å². The van der Waals surface area contributed by atoms with Crippen molar-refractivity contribution in [1.29, 1.82) is 0 Å². The Morgan fingerprint density at radius 1 is 1.25 bits per heavy atom. The van der Waals surface area contributed by atoms with Crippen LogP contribution in [0.2, 0.25) is 0 Å². The molecular formula is C19H17N5O2S2. The molecule has 2 aromatic carbocycles. The number of para-hydroxylation sites is 1. The highest BCUT2D eigenvalue weighted by Gasteiger charge is 2.28. The van der Waals surface area contributed by atoms with Crippen molar-refractivity contribution in [3.05, 3.63) is 54.9 Å². The molecule has 2 amide bonds. The van der Waals surface area contributed by atoms with Crippen LogP contribution in [0.4, 0.5) is 11.4 Å².